The molecule has 1 heterocycles. The number of nitrogens with two attached hydrogens (primary N) is 1. The van der Waals surface area contributed by atoms with E-state index in [4.69, 9.17) is 5.21 Å². The molecule has 0 spiro atoms. The summed E-state index contributed by atoms with van der Waals surface area (Å²) in [6.07, 6.45) is 1.63. The van der Waals surface area contributed by atoms with E-state index in [-0.39, 0.29) is 0 Å². The second-order valence-corrected chi connectivity index (χ2v) is 2.45. The third-order valence-corrected chi connectivity index (χ3v) is 1.35. The standard InChI is InChI=1S/C5H5BrN2O/c6-4-1-2-5(8-9)7-3-4/h1-3,9H,(H,7,8)/p+1. The lowest BCUT2D eigenvalue weighted by atomic mass is 10.5. The summed E-state index contributed by atoms with van der Waals surface area (Å²) in [4.78, 5) is 3.84. The summed E-state index contributed by atoms with van der Waals surface area (Å²) in [5.74, 6) is 0.568. The third-order valence-electron chi connectivity index (χ3n) is 0.883. The second-order valence-electron chi connectivity index (χ2n) is 1.53. The summed E-state index contributed by atoms with van der Waals surface area (Å²) in [7, 11) is 0. The number of nitrogens with zero attached hydrogens (tertiary/aromatic N) is 1. The van der Waals surface area contributed by atoms with Gasteiger partial charge in [0.2, 0.25) is 0 Å². The Bertz CT molecular complexity index is 187. The van der Waals surface area contributed by atoms with E-state index in [1.165, 1.54) is 0 Å². The lowest BCUT2D eigenvalue weighted by Crippen LogP contribution is -2.74. The predicted molar refractivity (Wildman–Crippen MR) is 35.3 cm³/mol. The van der Waals surface area contributed by atoms with Crippen molar-refractivity contribution in [2.45, 2.75) is 0 Å². The molecule has 3 nitrogen and oxygen atoms in total. The Morgan fingerprint density at radius 1 is 1.56 bits per heavy atom. The van der Waals surface area contributed by atoms with Gasteiger partial charge < -0.3 is 0 Å². The minimum atomic E-state index is 0.568. The van der Waals surface area contributed by atoms with E-state index in [1.807, 2.05) is 6.07 Å². The van der Waals surface area contributed by atoms with Crippen LogP contribution in [0.3, 0.4) is 0 Å². The maximum atomic E-state index is 8.43. The van der Waals surface area contributed by atoms with Gasteiger partial charge in [0.1, 0.15) is 0 Å². The molecule has 0 aliphatic rings. The average Bonchev–Trinajstić information content (AvgIpc) is 1.90. The number of hydrogen-bond acceptors (Lipinski definition) is 2. The zero-order chi connectivity index (χ0) is 6.69. The summed E-state index contributed by atoms with van der Waals surface area (Å²) in [5, 5.41) is 8.43. The van der Waals surface area contributed by atoms with Crippen LogP contribution in [0.4, 0.5) is 5.82 Å². The number of pyridine rings is 1. The first kappa shape index (κ1) is 6.67. The van der Waals surface area contributed by atoms with Crippen molar-refractivity contribution in [2.75, 3.05) is 0 Å². The first-order valence-electron chi connectivity index (χ1n) is 2.42. The van der Waals surface area contributed by atoms with Crippen LogP contribution in [-0.2, 0) is 0 Å². The van der Waals surface area contributed by atoms with Gasteiger partial charge in [-0.3, -0.25) is 0 Å². The van der Waals surface area contributed by atoms with Crippen LogP contribution in [0.25, 0.3) is 0 Å². The normalized spacial score (nSPS) is 9.56. The smallest absolute Gasteiger partial charge is 0.214 e. The maximum absolute atomic E-state index is 8.43. The molecular formula is C5H6BrN2O+. The summed E-state index contributed by atoms with van der Waals surface area (Å²) < 4.78 is 0.910. The summed E-state index contributed by atoms with van der Waals surface area (Å²) in [6, 6.07) is 3.53. The Hall–Kier alpha value is -0.450. The Morgan fingerprint density at radius 2 is 2.33 bits per heavy atom. The molecule has 1 aromatic rings. The van der Waals surface area contributed by atoms with Gasteiger partial charge in [0.15, 0.2) is 0 Å². The summed E-state index contributed by atoms with van der Waals surface area (Å²) in [5.41, 5.74) is 0.965. The molecule has 1 rings (SSSR count). The van der Waals surface area contributed by atoms with Gasteiger partial charge in [0.05, 0.1) is 0 Å². The minimum Gasteiger partial charge on any atom is -0.214 e. The Labute approximate surface area is 60.8 Å². The number of aromatic nitrogens is 1. The van der Waals surface area contributed by atoms with E-state index in [0.717, 1.165) is 9.95 Å². The van der Waals surface area contributed by atoms with Crippen molar-refractivity contribution in [3.05, 3.63) is 22.8 Å². The molecule has 0 radical (unpaired) electrons. The van der Waals surface area contributed by atoms with Crippen molar-refractivity contribution < 1.29 is 10.7 Å². The molecule has 0 saturated heterocycles. The van der Waals surface area contributed by atoms with Crippen LogP contribution in [0.5, 0.6) is 0 Å². The van der Waals surface area contributed by atoms with E-state index < -0.39 is 0 Å². The molecule has 0 aromatic carbocycles. The highest BCUT2D eigenvalue weighted by atomic mass is 79.9. The summed E-state index contributed by atoms with van der Waals surface area (Å²) in [6.45, 7) is 0. The molecule has 0 unspecified atom stereocenters. The molecule has 3 N–H and O–H groups in total. The first-order chi connectivity index (χ1) is 4.33. The van der Waals surface area contributed by atoms with Crippen LogP contribution in [0.2, 0.25) is 0 Å². The molecule has 0 amide bonds. The van der Waals surface area contributed by atoms with Crippen molar-refractivity contribution in [1.29, 1.82) is 0 Å². The molecule has 0 aliphatic carbocycles. The van der Waals surface area contributed by atoms with Crippen LogP contribution in [0.15, 0.2) is 22.8 Å². The fourth-order valence-electron chi connectivity index (χ4n) is 0.464. The van der Waals surface area contributed by atoms with E-state index in [1.54, 1.807) is 12.3 Å². The van der Waals surface area contributed by atoms with Crippen LogP contribution < -0.4 is 5.48 Å². The fraction of sp³-hybridized carbons (Fsp3) is 0. The minimum absolute atomic E-state index is 0.568. The van der Waals surface area contributed by atoms with E-state index >= 15 is 0 Å². The van der Waals surface area contributed by atoms with Gasteiger partial charge in [-0.1, -0.05) is 0 Å². The van der Waals surface area contributed by atoms with Gasteiger partial charge >= 0.3 is 0 Å². The van der Waals surface area contributed by atoms with Crippen molar-refractivity contribution in [3.63, 3.8) is 0 Å². The predicted octanol–water partition coefficient (Wildman–Crippen LogP) is 0.428. The average molecular weight is 190 g/mol. The lowest BCUT2D eigenvalue weighted by Gasteiger charge is -1.88. The molecule has 0 aliphatic heterocycles. The van der Waals surface area contributed by atoms with Gasteiger partial charge in [-0.2, -0.15) is 5.48 Å². The van der Waals surface area contributed by atoms with Crippen LogP contribution >= 0.6 is 15.9 Å². The number of hydrogen-bond donors (Lipinski definition) is 2. The second kappa shape index (κ2) is 2.91. The van der Waals surface area contributed by atoms with Crippen LogP contribution in [-0.4, -0.2) is 10.2 Å². The van der Waals surface area contributed by atoms with E-state index in [0.29, 0.717) is 5.82 Å². The number of quaternary nitrogens is 1. The maximum Gasteiger partial charge on any atom is 0.256 e. The van der Waals surface area contributed by atoms with Gasteiger partial charge in [0, 0.05) is 16.7 Å². The largest absolute Gasteiger partial charge is 0.256 e. The third kappa shape index (κ3) is 1.74. The quantitative estimate of drug-likeness (QED) is 0.630. The van der Waals surface area contributed by atoms with Gasteiger partial charge in [0.25, 0.3) is 5.82 Å². The highest BCUT2D eigenvalue weighted by molar-refractivity contribution is 9.10. The monoisotopic (exact) mass is 189 g/mol. The molecule has 0 bridgehead atoms. The van der Waals surface area contributed by atoms with Crippen LogP contribution in [0, 0.1) is 0 Å². The fourth-order valence-corrected chi connectivity index (χ4v) is 0.698. The zero-order valence-corrected chi connectivity index (χ0v) is 6.17. The van der Waals surface area contributed by atoms with Gasteiger partial charge in [-0.05, 0) is 22.0 Å². The van der Waals surface area contributed by atoms with E-state index in [9.17, 15) is 0 Å². The molecule has 48 valence electrons. The number of rotatable bonds is 1. The highest BCUT2D eigenvalue weighted by Gasteiger charge is 1.92. The molecule has 1 aromatic heterocycles. The van der Waals surface area contributed by atoms with Gasteiger partial charge in [-0.15, -0.1) is 0 Å². The highest BCUT2D eigenvalue weighted by Crippen LogP contribution is 2.06. The topological polar surface area (TPSA) is 49.7 Å². The SMILES string of the molecule is O[NH2+]c1ccc(Br)cn1. The van der Waals surface area contributed by atoms with E-state index in [2.05, 4.69) is 20.9 Å². The van der Waals surface area contributed by atoms with Crippen molar-refractivity contribution in [2.24, 2.45) is 0 Å². The Balaban J connectivity index is 2.88. The molecule has 0 atom stereocenters. The molecule has 0 saturated carbocycles. The van der Waals surface area contributed by atoms with Crippen molar-refractivity contribution in [1.82, 2.24) is 4.98 Å². The molecule has 0 fully saturated rings. The lowest BCUT2D eigenvalue weighted by molar-refractivity contribution is -0.828. The molecule has 9 heavy (non-hydrogen) atoms. The van der Waals surface area contributed by atoms with Crippen molar-refractivity contribution >= 4 is 21.7 Å². The number of halogens is 1. The summed E-state index contributed by atoms with van der Waals surface area (Å²) >= 11 is 3.22. The molecule has 4 heteroatoms. The Morgan fingerprint density at radius 3 is 2.78 bits per heavy atom. The first-order valence-corrected chi connectivity index (χ1v) is 3.21. The van der Waals surface area contributed by atoms with Crippen molar-refractivity contribution in [3.8, 4) is 0 Å². The Kier molecular flexibility index (Phi) is 2.16. The zero-order valence-electron chi connectivity index (χ0n) is 4.58. The van der Waals surface area contributed by atoms with Crippen LogP contribution in [0.1, 0.15) is 0 Å². The molecular weight excluding hydrogens is 184 g/mol. The van der Waals surface area contributed by atoms with Gasteiger partial charge in [-0.25, -0.2) is 10.2 Å².